The number of benzene rings is 1. The number of nitrogens with zero attached hydrogens (tertiary/aromatic N) is 2. The Bertz CT molecular complexity index is 729. The first-order valence-corrected chi connectivity index (χ1v) is 10.2. The number of hydrogen-bond acceptors (Lipinski definition) is 5. The number of carbonyl (C=O) groups is 1. The molecule has 2 atom stereocenters. The van der Waals surface area contributed by atoms with Gasteiger partial charge in [-0.25, -0.2) is 13.1 Å². The largest absolute Gasteiger partial charge is 0.367 e. The van der Waals surface area contributed by atoms with Gasteiger partial charge in [-0.1, -0.05) is 12.1 Å². The molecule has 0 bridgehead atoms. The second kappa shape index (κ2) is 7.31. The van der Waals surface area contributed by atoms with Gasteiger partial charge in [0.05, 0.1) is 5.69 Å². The summed E-state index contributed by atoms with van der Waals surface area (Å²) in [4.78, 5) is 16.8. The SMILES string of the molecule is CNS(=O)(=O)c1ccccc1N1CCN(C(=O)[C@@H]2CC[C@@H](N)C2)CC1. The molecule has 1 saturated carbocycles. The predicted octanol–water partition coefficient (Wildman–Crippen LogP) is 0.371. The monoisotopic (exact) mass is 366 g/mol. The molecule has 1 amide bonds. The molecule has 1 aromatic carbocycles. The Balaban J connectivity index is 1.68. The van der Waals surface area contributed by atoms with Gasteiger partial charge in [0.15, 0.2) is 0 Å². The van der Waals surface area contributed by atoms with Crippen LogP contribution in [0.5, 0.6) is 0 Å². The molecule has 25 heavy (non-hydrogen) atoms. The summed E-state index contributed by atoms with van der Waals surface area (Å²) in [7, 11) is -2.10. The summed E-state index contributed by atoms with van der Waals surface area (Å²) in [6.45, 7) is 2.47. The van der Waals surface area contributed by atoms with E-state index in [1.807, 2.05) is 21.9 Å². The van der Waals surface area contributed by atoms with E-state index < -0.39 is 10.0 Å². The molecule has 1 aliphatic heterocycles. The van der Waals surface area contributed by atoms with Crippen LogP contribution in [0.15, 0.2) is 29.2 Å². The van der Waals surface area contributed by atoms with Crippen LogP contribution in [0.4, 0.5) is 5.69 Å². The minimum absolute atomic E-state index is 0.0542. The lowest BCUT2D eigenvalue weighted by molar-refractivity contribution is -0.135. The van der Waals surface area contributed by atoms with Crippen molar-refractivity contribution in [3.05, 3.63) is 24.3 Å². The highest BCUT2D eigenvalue weighted by Crippen LogP contribution is 2.28. The topological polar surface area (TPSA) is 95.7 Å². The number of amides is 1. The number of anilines is 1. The lowest BCUT2D eigenvalue weighted by Gasteiger charge is -2.37. The molecule has 2 aliphatic rings. The standard InChI is InChI=1S/C17H26N4O3S/c1-19-25(23,24)16-5-3-2-4-15(16)20-8-10-21(11-9-20)17(22)13-6-7-14(18)12-13/h2-5,13-14,19H,6-12,18H2,1H3/t13-,14-/m1/s1. The highest BCUT2D eigenvalue weighted by atomic mass is 32.2. The first-order chi connectivity index (χ1) is 11.9. The molecular formula is C17H26N4O3S. The zero-order valence-electron chi connectivity index (χ0n) is 14.5. The summed E-state index contributed by atoms with van der Waals surface area (Å²) >= 11 is 0. The third-order valence-corrected chi connectivity index (χ3v) is 6.64. The van der Waals surface area contributed by atoms with E-state index in [9.17, 15) is 13.2 Å². The van der Waals surface area contributed by atoms with Gasteiger partial charge in [0.2, 0.25) is 15.9 Å². The van der Waals surface area contributed by atoms with Crippen molar-refractivity contribution < 1.29 is 13.2 Å². The first kappa shape index (κ1) is 18.2. The molecule has 1 aromatic rings. The van der Waals surface area contributed by atoms with E-state index in [0.717, 1.165) is 19.3 Å². The molecule has 2 fully saturated rings. The number of rotatable bonds is 4. The lowest BCUT2D eigenvalue weighted by Crippen LogP contribution is -2.50. The van der Waals surface area contributed by atoms with Crippen molar-refractivity contribution in [1.29, 1.82) is 0 Å². The minimum atomic E-state index is -3.51. The summed E-state index contributed by atoms with van der Waals surface area (Å²) in [6.07, 6.45) is 2.58. The van der Waals surface area contributed by atoms with Crippen LogP contribution < -0.4 is 15.4 Å². The summed E-state index contributed by atoms with van der Waals surface area (Å²) in [5.74, 6) is 0.252. The van der Waals surface area contributed by atoms with E-state index in [1.165, 1.54) is 7.05 Å². The van der Waals surface area contributed by atoms with Gasteiger partial charge in [-0.2, -0.15) is 0 Å². The Hall–Kier alpha value is -1.64. The Morgan fingerprint density at radius 2 is 1.84 bits per heavy atom. The maximum absolute atomic E-state index is 12.6. The summed E-state index contributed by atoms with van der Waals surface area (Å²) in [5.41, 5.74) is 6.61. The fourth-order valence-electron chi connectivity index (χ4n) is 3.72. The van der Waals surface area contributed by atoms with E-state index >= 15 is 0 Å². The predicted molar refractivity (Wildman–Crippen MR) is 96.8 cm³/mol. The molecule has 138 valence electrons. The van der Waals surface area contributed by atoms with Gasteiger partial charge < -0.3 is 15.5 Å². The van der Waals surface area contributed by atoms with Gasteiger partial charge in [-0.15, -0.1) is 0 Å². The van der Waals surface area contributed by atoms with Crippen molar-refractivity contribution in [3.8, 4) is 0 Å². The molecule has 0 spiro atoms. The van der Waals surface area contributed by atoms with Crippen LogP contribution in [0.3, 0.4) is 0 Å². The molecule has 3 N–H and O–H groups in total. The molecular weight excluding hydrogens is 340 g/mol. The Labute approximate surface area is 149 Å². The zero-order chi connectivity index (χ0) is 18.0. The quantitative estimate of drug-likeness (QED) is 0.803. The zero-order valence-corrected chi connectivity index (χ0v) is 15.3. The van der Waals surface area contributed by atoms with Crippen LogP contribution in [-0.2, 0) is 14.8 Å². The number of piperazine rings is 1. The van der Waals surface area contributed by atoms with Crippen LogP contribution in [-0.4, -0.2) is 58.5 Å². The molecule has 0 aromatic heterocycles. The van der Waals surface area contributed by atoms with Gasteiger partial charge >= 0.3 is 0 Å². The normalized spacial score (nSPS) is 24.6. The fourth-order valence-corrected chi connectivity index (χ4v) is 4.67. The highest BCUT2D eigenvalue weighted by molar-refractivity contribution is 7.89. The first-order valence-electron chi connectivity index (χ1n) is 8.74. The summed E-state index contributed by atoms with van der Waals surface area (Å²) in [6, 6.07) is 7.13. The molecule has 0 unspecified atom stereocenters. The van der Waals surface area contributed by atoms with E-state index in [1.54, 1.807) is 12.1 Å². The number of nitrogens with one attached hydrogen (secondary N) is 1. The fraction of sp³-hybridized carbons (Fsp3) is 0.588. The van der Waals surface area contributed by atoms with Crippen molar-refractivity contribution in [2.45, 2.75) is 30.2 Å². The second-order valence-electron chi connectivity index (χ2n) is 6.76. The average molecular weight is 366 g/mol. The maximum atomic E-state index is 12.6. The van der Waals surface area contributed by atoms with Crippen molar-refractivity contribution in [2.75, 3.05) is 38.1 Å². The molecule has 8 heteroatoms. The van der Waals surface area contributed by atoms with Crippen molar-refractivity contribution in [1.82, 2.24) is 9.62 Å². The minimum Gasteiger partial charge on any atom is -0.367 e. The Morgan fingerprint density at radius 3 is 2.44 bits per heavy atom. The second-order valence-corrected chi connectivity index (χ2v) is 8.61. The van der Waals surface area contributed by atoms with Crippen molar-refractivity contribution in [3.63, 3.8) is 0 Å². The molecule has 1 heterocycles. The summed E-state index contributed by atoms with van der Waals surface area (Å²) < 4.78 is 26.8. The van der Waals surface area contributed by atoms with E-state index in [2.05, 4.69) is 4.72 Å². The molecule has 3 rings (SSSR count). The Morgan fingerprint density at radius 1 is 1.16 bits per heavy atom. The van der Waals surface area contributed by atoms with Gasteiger partial charge in [0.25, 0.3) is 0 Å². The van der Waals surface area contributed by atoms with Crippen molar-refractivity contribution in [2.24, 2.45) is 11.7 Å². The Kier molecular flexibility index (Phi) is 5.31. The number of para-hydroxylation sites is 1. The maximum Gasteiger partial charge on any atom is 0.242 e. The van der Waals surface area contributed by atoms with Crippen LogP contribution in [0.2, 0.25) is 0 Å². The molecule has 1 saturated heterocycles. The smallest absolute Gasteiger partial charge is 0.242 e. The number of sulfonamides is 1. The van der Waals surface area contributed by atoms with Gasteiger partial charge in [-0.05, 0) is 38.4 Å². The van der Waals surface area contributed by atoms with Crippen LogP contribution >= 0.6 is 0 Å². The molecule has 0 radical (unpaired) electrons. The van der Waals surface area contributed by atoms with Crippen LogP contribution in [0.25, 0.3) is 0 Å². The number of carbonyl (C=O) groups excluding carboxylic acids is 1. The highest BCUT2D eigenvalue weighted by Gasteiger charge is 2.33. The van der Waals surface area contributed by atoms with Crippen LogP contribution in [0.1, 0.15) is 19.3 Å². The molecule has 1 aliphatic carbocycles. The van der Waals surface area contributed by atoms with Crippen LogP contribution in [0, 0.1) is 5.92 Å². The third kappa shape index (κ3) is 3.80. The number of hydrogen-bond donors (Lipinski definition) is 2. The third-order valence-electron chi connectivity index (χ3n) is 5.18. The van der Waals surface area contributed by atoms with Gasteiger partial charge in [-0.3, -0.25) is 4.79 Å². The van der Waals surface area contributed by atoms with E-state index in [-0.39, 0.29) is 22.8 Å². The van der Waals surface area contributed by atoms with E-state index in [4.69, 9.17) is 5.73 Å². The van der Waals surface area contributed by atoms with Crippen molar-refractivity contribution >= 4 is 21.6 Å². The molecule has 7 nitrogen and oxygen atoms in total. The van der Waals surface area contributed by atoms with Gasteiger partial charge in [0, 0.05) is 38.1 Å². The van der Waals surface area contributed by atoms with Gasteiger partial charge in [0.1, 0.15) is 4.90 Å². The summed E-state index contributed by atoms with van der Waals surface area (Å²) in [5, 5.41) is 0. The average Bonchev–Trinajstić information content (AvgIpc) is 3.07. The van der Waals surface area contributed by atoms with E-state index in [0.29, 0.717) is 31.9 Å². The number of nitrogens with two attached hydrogens (primary N) is 1. The lowest BCUT2D eigenvalue weighted by atomic mass is 10.1.